The van der Waals surface area contributed by atoms with Crippen molar-refractivity contribution < 1.29 is 4.74 Å². The Hall–Kier alpha value is -0.820. The van der Waals surface area contributed by atoms with Gasteiger partial charge < -0.3 is 4.74 Å². The van der Waals surface area contributed by atoms with Crippen molar-refractivity contribution in [3.05, 3.63) is 42.3 Å². The van der Waals surface area contributed by atoms with Gasteiger partial charge in [0.2, 0.25) is 0 Å². The molecular formula is C16H25O. The van der Waals surface area contributed by atoms with Crippen LogP contribution in [0.1, 0.15) is 56.6 Å². The smallest absolute Gasteiger partial charge is 0.0719 e. The average molecular weight is 233 g/mol. The molecule has 0 aromatic heterocycles. The number of benzene rings is 1. The molecule has 1 nitrogen and oxygen atoms in total. The number of hydrogen-bond acceptors (Lipinski definition) is 1. The highest BCUT2D eigenvalue weighted by molar-refractivity contribution is 5.28. The van der Waals surface area contributed by atoms with Gasteiger partial charge >= 0.3 is 0 Å². The Morgan fingerprint density at radius 2 is 1.71 bits per heavy atom. The molecule has 1 radical (unpaired) electrons. The van der Waals surface area contributed by atoms with Gasteiger partial charge in [0.05, 0.1) is 6.61 Å². The maximum absolute atomic E-state index is 5.67. The van der Waals surface area contributed by atoms with Gasteiger partial charge in [-0.05, 0) is 24.5 Å². The van der Waals surface area contributed by atoms with Gasteiger partial charge in [-0.2, -0.15) is 0 Å². The lowest BCUT2D eigenvalue weighted by Gasteiger charge is -2.06. The summed E-state index contributed by atoms with van der Waals surface area (Å²) < 4.78 is 5.67. The molecule has 0 aliphatic carbocycles. The van der Waals surface area contributed by atoms with Gasteiger partial charge in [0.1, 0.15) is 0 Å². The van der Waals surface area contributed by atoms with Crippen LogP contribution >= 0.6 is 0 Å². The maximum Gasteiger partial charge on any atom is 0.0719 e. The van der Waals surface area contributed by atoms with E-state index in [0.29, 0.717) is 6.61 Å². The van der Waals surface area contributed by atoms with Crippen molar-refractivity contribution in [3.8, 4) is 0 Å². The topological polar surface area (TPSA) is 9.23 Å². The predicted molar refractivity (Wildman–Crippen MR) is 73.9 cm³/mol. The quantitative estimate of drug-likeness (QED) is 0.559. The molecular weight excluding hydrogens is 208 g/mol. The summed E-state index contributed by atoms with van der Waals surface area (Å²) in [5, 5.41) is 0. The van der Waals surface area contributed by atoms with Crippen LogP contribution in [0, 0.1) is 6.92 Å². The third-order valence-electron chi connectivity index (χ3n) is 3.02. The van der Waals surface area contributed by atoms with Crippen molar-refractivity contribution in [1.82, 2.24) is 0 Å². The third kappa shape index (κ3) is 6.48. The molecule has 17 heavy (non-hydrogen) atoms. The van der Waals surface area contributed by atoms with Crippen LogP contribution in [0.15, 0.2) is 24.3 Å². The fourth-order valence-electron chi connectivity index (χ4n) is 1.86. The van der Waals surface area contributed by atoms with Crippen LogP contribution in [0.3, 0.4) is 0 Å². The first-order valence-corrected chi connectivity index (χ1v) is 6.82. The van der Waals surface area contributed by atoms with Crippen molar-refractivity contribution in [3.63, 3.8) is 0 Å². The van der Waals surface area contributed by atoms with Gasteiger partial charge in [-0.3, -0.25) is 0 Å². The van der Waals surface area contributed by atoms with E-state index in [1.807, 2.05) is 18.2 Å². The molecule has 95 valence electrons. The minimum Gasteiger partial charge on any atom is -0.377 e. The van der Waals surface area contributed by atoms with Gasteiger partial charge in [0, 0.05) is 6.61 Å². The monoisotopic (exact) mass is 233 g/mol. The molecule has 0 unspecified atom stereocenters. The molecule has 1 rings (SSSR count). The third-order valence-corrected chi connectivity index (χ3v) is 3.02. The van der Waals surface area contributed by atoms with Gasteiger partial charge in [-0.1, -0.05) is 63.3 Å². The SMILES string of the molecule is [CH2]c1ccccc1COCCCCCCCC. The average Bonchev–Trinajstić information content (AvgIpc) is 2.35. The zero-order valence-corrected chi connectivity index (χ0v) is 11.1. The number of unbranched alkanes of at least 4 members (excludes halogenated alkanes) is 5. The van der Waals surface area contributed by atoms with E-state index in [-0.39, 0.29) is 0 Å². The first-order chi connectivity index (χ1) is 8.34. The van der Waals surface area contributed by atoms with Crippen LogP contribution in [-0.4, -0.2) is 6.61 Å². The molecule has 1 aromatic carbocycles. The van der Waals surface area contributed by atoms with Crippen molar-refractivity contribution in [2.24, 2.45) is 0 Å². The molecule has 0 saturated carbocycles. The molecule has 0 aliphatic heterocycles. The van der Waals surface area contributed by atoms with Crippen LogP contribution in [0.2, 0.25) is 0 Å². The van der Waals surface area contributed by atoms with E-state index < -0.39 is 0 Å². The van der Waals surface area contributed by atoms with Crippen LogP contribution in [0.5, 0.6) is 0 Å². The molecule has 0 N–H and O–H groups in total. The number of ether oxygens (including phenoxy) is 1. The second-order valence-electron chi connectivity index (χ2n) is 4.59. The Labute approximate surface area is 106 Å². The summed E-state index contributed by atoms with van der Waals surface area (Å²) in [6.45, 7) is 7.82. The van der Waals surface area contributed by atoms with Gasteiger partial charge in [0.15, 0.2) is 0 Å². The molecule has 1 heteroatoms. The summed E-state index contributed by atoms with van der Waals surface area (Å²) in [6.07, 6.45) is 7.89. The molecule has 0 saturated heterocycles. The van der Waals surface area contributed by atoms with E-state index in [4.69, 9.17) is 4.74 Å². The molecule has 0 spiro atoms. The lowest BCUT2D eigenvalue weighted by atomic mass is 10.1. The Balaban J connectivity index is 1.99. The van der Waals surface area contributed by atoms with Crippen LogP contribution in [0.25, 0.3) is 0 Å². The maximum atomic E-state index is 5.67. The Morgan fingerprint density at radius 1 is 1.00 bits per heavy atom. The Bertz CT molecular complexity index is 293. The van der Waals surface area contributed by atoms with Crippen molar-refractivity contribution in [2.45, 2.75) is 52.1 Å². The summed E-state index contributed by atoms with van der Waals surface area (Å²) in [5.41, 5.74) is 2.29. The summed E-state index contributed by atoms with van der Waals surface area (Å²) in [7, 11) is 0. The highest BCUT2D eigenvalue weighted by Gasteiger charge is 1.96. The standard InChI is InChI=1S/C16H25O/c1-3-4-5-6-7-10-13-17-14-16-12-9-8-11-15(16)2/h8-9,11-12H,2-7,10,13-14H2,1H3. The first-order valence-electron chi connectivity index (χ1n) is 6.82. The van der Waals surface area contributed by atoms with Crippen molar-refractivity contribution >= 4 is 0 Å². The van der Waals surface area contributed by atoms with E-state index in [2.05, 4.69) is 19.9 Å². The van der Waals surface area contributed by atoms with Gasteiger partial charge in [-0.25, -0.2) is 0 Å². The lowest BCUT2D eigenvalue weighted by molar-refractivity contribution is 0.116. The fourth-order valence-corrected chi connectivity index (χ4v) is 1.86. The summed E-state index contributed by atoms with van der Waals surface area (Å²) in [5.74, 6) is 0. The Kier molecular flexibility index (Phi) is 7.74. The van der Waals surface area contributed by atoms with E-state index in [1.165, 1.54) is 44.1 Å². The summed E-state index contributed by atoms with van der Waals surface area (Å²) in [4.78, 5) is 0. The summed E-state index contributed by atoms with van der Waals surface area (Å²) >= 11 is 0. The second-order valence-corrected chi connectivity index (χ2v) is 4.59. The number of hydrogen-bond donors (Lipinski definition) is 0. The van der Waals surface area contributed by atoms with Crippen molar-refractivity contribution in [2.75, 3.05) is 6.61 Å². The predicted octanol–water partition coefficient (Wildman–Crippen LogP) is 4.75. The zero-order valence-electron chi connectivity index (χ0n) is 11.1. The molecule has 0 atom stereocenters. The van der Waals surface area contributed by atoms with Crippen molar-refractivity contribution in [1.29, 1.82) is 0 Å². The first kappa shape index (κ1) is 14.2. The highest BCUT2D eigenvalue weighted by Crippen LogP contribution is 2.09. The minimum absolute atomic E-state index is 0.703. The lowest BCUT2D eigenvalue weighted by Crippen LogP contribution is -1.97. The molecule has 0 heterocycles. The largest absolute Gasteiger partial charge is 0.377 e. The minimum atomic E-state index is 0.703. The van der Waals surface area contributed by atoms with E-state index >= 15 is 0 Å². The molecule has 0 bridgehead atoms. The van der Waals surface area contributed by atoms with Crippen LogP contribution in [0.4, 0.5) is 0 Å². The van der Waals surface area contributed by atoms with Gasteiger partial charge in [0.25, 0.3) is 0 Å². The molecule has 0 aliphatic rings. The van der Waals surface area contributed by atoms with E-state index in [9.17, 15) is 0 Å². The number of rotatable bonds is 9. The van der Waals surface area contributed by atoms with Crippen LogP contribution in [-0.2, 0) is 11.3 Å². The zero-order chi connectivity index (χ0) is 12.3. The normalized spacial score (nSPS) is 10.7. The highest BCUT2D eigenvalue weighted by atomic mass is 16.5. The van der Waals surface area contributed by atoms with E-state index in [0.717, 1.165) is 12.2 Å². The summed E-state index contributed by atoms with van der Waals surface area (Å²) in [6, 6.07) is 8.17. The Morgan fingerprint density at radius 3 is 2.47 bits per heavy atom. The van der Waals surface area contributed by atoms with Crippen LogP contribution < -0.4 is 0 Å². The molecule has 0 amide bonds. The van der Waals surface area contributed by atoms with E-state index in [1.54, 1.807) is 0 Å². The second kappa shape index (κ2) is 9.23. The van der Waals surface area contributed by atoms with Gasteiger partial charge in [-0.15, -0.1) is 0 Å². The molecule has 1 aromatic rings. The molecule has 0 fully saturated rings. The fraction of sp³-hybridized carbons (Fsp3) is 0.562.